The third-order valence-corrected chi connectivity index (χ3v) is 4.35. The van der Waals surface area contributed by atoms with Crippen molar-refractivity contribution in [3.05, 3.63) is 63.7 Å². The van der Waals surface area contributed by atoms with Crippen molar-refractivity contribution in [1.29, 1.82) is 0 Å². The molecule has 0 fully saturated rings. The van der Waals surface area contributed by atoms with Crippen LogP contribution in [-0.2, 0) is 7.05 Å². The van der Waals surface area contributed by atoms with Crippen LogP contribution in [0.3, 0.4) is 0 Å². The molecule has 2 atom stereocenters. The number of alkyl halides is 3. The molecule has 2 heterocycles. The van der Waals surface area contributed by atoms with E-state index in [1.54, 1.807) is 36.6 Å². The highest BCUT2D eigenvalue weighted by Gasteiger charge is 2.31. The maximum Gasteiger partial charge on any atom is 0.284 e. The molecule has 0 aliphatic heterocycles. The van der Waals surface area contributed by atoms with Crippen molar-refractivity contribution in [2.75, 3.05) is 0 Å². The summed E-state index contributed by atoms with van der Waals surface area (Å²) >= 11 is 5.87. The number of hydrogen-bond acceptors (Lipinski definition) is 5. The van der Waals surface area contributed by atoms with Gasteiger partial charge in [-0.05, 0) is 18.2 Å². The van der Waals surface area contributed by atoms with Crippen molar-refractivity contribution < 1.29 is 23.1 Å². The molecular formula is C18H15ClF3N5O3. The Balaban J connectivity index is 2.13. The molecule has 0 bridgehead atoms. The summed E-state index contributed by atoms with van der Waals surface area (Å²) in [7, 11) is 1.60. The molecule has 1 aromatic carbocycles. The SMILES string of the molecule is Cn1cc(-n2nc(-c3ccc(Cl)cc3)cc(C(=O)NC(C(O)F)C(F)F)c2=O)cn1. The van der Waals surface area contributed by atoms with Gasteiger partial charge in [-0.1, -0.05) is 23.7 Å². The molecule has 158 valence electrons. The molecule has 3 rings (SSSR count). The van der Waals surface area contributed by atoms with Gasteiger partial charge in [-0.2, -0.15) is 14.9 Å². The predicted octanol–water partition coefficient (Wildman–Crippen LogP) is 1.94. The number of amides is 1. The molecule has 12 heteroatoms. The van der Waals surface area contributed by atoms with E-state index in [0.717, 1.165) is 10.7 Å². The number of halogens is 4. The molecule has 2 unspecified atom stereocenters. The highest BCUT2D eigenvalue weighted by atomic mass is 35.5. The number of aryl methyl sites for hydroxylation is 1. The topological polar surface area (TPSA) is 102 Å². The van der Waals surface area contributed by atoms with Crippen LogP contribution < -0.4 is 10.9 Å². The van der Waals surface area contributed by atoms with Gasteiger partial charge in [0.1, 0.15) is 17.3 Å². The zero-order valence-electron chi connectivity index (χ0n) is 15.3. The fraction of sp³-hybridized carbons (Fsp3) is 0.222. The summed E-state index contributed by atoms with van der Waals surface area (Å²) in [6, 6.07) is 4.86. The number of carbonyl (C=O) groups is 1. The Morgan fingerprint density at radius 2 is 1.90 bits per heavy atom. The Hall–Kier alpha value is -3.18. The van der Waals surface area contributed by atoms with Gasteiger partial charge in [0.2, 0.25) is 6.36 Å². The van der Waals surface area contributed by atoms with Crippen molar-refractivity contribution in [1.82, 2.24) is 24.9 Å². The van der Waals surface area contributed by atoms with E-state index >= 15 is 0 Å². The second-order valence-corrected chi connectivity index (χ2v) is 6.68. The lowest BCUT2D eigenvalue weighted by molar-refractivity contribution is -0.0481. The minimum absolute atomic E-state index is 0.148. The summed E-state index contributed by atoms with van der Waals surface area (Å²) in [5.41, 5.74) is -0.690. The maximum atomic E-state index is 13.1. The number of aromatic nitrogens is 4. The van der Waals surface area contributed by atoms with Gasteiger partial charge in [-0.25, -0.2) is 13.2 Å². The molecule has 1 amide bonds. The van der Waals surface area contributed by atoms with Gasteiger partial charge >= 0.3 is 0 Å². The molecule has 3 aromatic rings. The molecule has 0 aliphatic rings. The van der Waals surface area contributed by atoms with Gasteiger partial charge < -0.3 is 10.4 Å². The first-order valence-corrected chi connectivity index (χ1v) is 8.85. The van der Waals surface area contributed by atoms with Gasteiger partial charge in [-0.15, -0.1) is 0 Å². The first-order valence-electron chi connectivity index (χ1n) is 8.48. The molecule has 2 N–H and O–H groups in total. The molecule has 0 saturated heterocycles. The lowest BCUT2D eigenvalue weighted by Gasteiger charge is -2.18. The van der Waals surface area contributed by atoms with E-state index in [9.17, 15) is 22.8 Å². The number of benzene rings is 1. The lowest BCUT2D eigenvalue weighted by Crippen LogP contribution is -2.48. The highest BCUT2D eigenvalue weighted by molar-refractivity contribution is 6.30. The normalized spacial score (nSPS) is 13.3. The molecule has 0 radical (unpaired) electrons. The van der Waals surface area contributed by atoms with Gasteiger partial charge in [0.25, 0.3) is 17.9 Å². The largest absolute Gasteiger partial charge is 0.362 e. The zero-order chi connectivity index (χ0) is 22.0. The van der Waals surface area contributed by atoms with Crippen LogP contribution in [-0.4, -0.2) is 49.4 Å². The Kier molecular flexibility index (Phi) is 6.22. The summed E-state index contributed by atoms with van der Waals surface area (Å²) in [6.45, 7) is 0. The van der Waals surface area contributed by atoms with Gasteiger partial charge in [0, 0.05) is 17.6 Å². The van der Waals surface area contributed by atoms with E-state index in [0.29, 0.717) is 10.6 Å². The van der Waals surface area contributed by atoms with Crippen LogP contribution in [0.25, 0.3) is 16.9 Å². The molecule has 2 aromatic heterocycles. The summed E-state index contributed by atoms with van der Waals surface area (Å²) in [4.78, 5) is 25.3. The van der Waals surface area contributed by atoms with Crippen LogP contribution in [0.5, 0.6) is 0 Å². The highest BCUT2D eigenvalue weighted by Crippen LogP contribution is 2.20. The monoisotopic (exact) mass is 441 g/mol. The average Bonchev–Trinajstić information content (AvgIpc) is 3.12. The molecule has 0 spiro atoms. The van der Waals surface area contributed by atoms with Crippen LogP contribution in [0.2, 0.25) is 5.02 Å². The smallest absolute Gasteiger partial charge is 0.284 e. The van der Waals surface area contributed by atoms with Gasteiger partial charge in [0.05, 0.1) is 18.1 Å². The first kappa shape index (κ1) is 21.5. The number of aliphatic hydroxyl groups excluding tert-OH is 1. The quantitative estimate of drug-likeness (QED) is 0.608. The Morgan fingerprint density at radius 3 is 2.43 bits per heavy atom. The van der Waals surface area contributed by atoms with Crippen molar-refractivity contribution in [3.63, 3.8) is 0 Å². The predicted molar refractivity (Wildman–Crippen MR) is 101 cm³/mol. The number of hydrogen-bond donors (Lipinski definition) is 2. The van der Waals surface area contributed by atoms with Gasteiger partial charge in [0.15, 0.2) is 0 Å². The Morgan fingerprint density at radius 1 is 1.23 bits per heavy atom. The van der Waals surface area contributed by atoms with Crippen LogP contribution >= 0.6 is 11.6 Å². The molecular weight excluding hydrogens is 427 g/mol. The summed E-state index contributed by atoms with van der Waals surface area (Å²) in [5, 5.41) is 19.1. The fourth-order valence-electron chi connectivity index (χ4n) is 2.59. The summed E-state index contributed by atoms with van der Waals surface area (Å²) in [5.74, 6) is -1.29. The van der Waals surface area contributed by atoms with Gasteiger partial charge in [-0.3, -0.25) is 14.3 Å². The molecule has 0 saturated carbocycles. The zero-order valence-corrected chi connectivity index (χ0v) is 16.1. The molecule has 0 aliphatic carbocycles. The number of carbonyl (C=O) groups excluding carboxylic acids is 1. The van der Waals surface area contributed by atoms with Crippen LogP contribution in [0, 0.1) is 0 Å². The Bertz CT molecular complexity index is 1110. The van der Waals surface area contributed by atoms with E-state index in [4.69, 9.17) is 16.7 Å². The second-order valence-electron chi connectivity index (χ2n) is 6.25. The van der Waals surface area contributed by atoms with E-state index in [1.807, 2.05) is 0 Å². The average molecular weight is 442 g/mol. The first-order chi connectivity index (χ1) is 14.2. The van der Waals surface area contributed by atoms with E-state index < -0.39 is 35.9 Å². The van der Waals surface area contributed by atoms with Crippen molar-refractivity contribution in [2.24, 2.45) is 7.05 Å². The number of nitrogens with zero attached hydrogens (tertiary/aromatic N) is 4. The van der Waals surface area contributed by atoms with Crippen molar-refractivity contribution in [3.8, 4) is 16.9 Å². The van der Waals surface area contributed by atoms with E-state index in [-0.39, 0.29) is 11.4 Å². The van der Waals surface area contributed by atoms with Crippen LogP contribution in [0.15, 0.2) is 47.5 Å². The second kappa shape index (κ2) is 8.67. The lowest BCUT2D eigenvalue weighted by atomic mass is 10.1. The van der Waals surface area contributed by atoms with E-state index in [2.05, 4.69) is 10.2 Å². The van der Waals surface area contributed by atoms with Crippen molar-refractivity contribution >= 4 is 17.5 Å². The maximum absolute atomic E-state index is 13.1. The van der Waals surface area contributed by atoms with Crippen LogP contribution in [0.4, 0.5) is 13.2 Å². The minimum Gasteiger partial charge on any atom is -0.362 e. The van der Waals surface area contributed by atoms with Crippen LogP contribution in [0.1, 0.15) is 10.4 Å². The third kappa shape index (κ3) is 4.52. The fourth-order valence-corrected chi connectivity index (χ4v) is 2.72. The molecule has 30 heavy (non-hydrogen) atoms. The van der Waals surface area contributed by atoms with Crippen molar-refractivity contribution in [2.45, 2.75) is 18.8 Å². The number of aliphatic hydroxyl groups is 1. The summed E-state index contributed by atoms with van der Waals surface area (Å²) < 4.78 is 41.2. The third-order valence-electron chi connectivity index (χ3n) is 4.10. The minimum atomic E-state index is -3.40. The standard InChI is InChI=1S/C18H15ClF3N5O3/c1-26-8-11(7-23-26)27-18(30)12(17(29)24-14(15(20)21)16(22)28)6-13(25-27)9-2-4-10(19)5-3-9/h2-8,14-16,28H,1H3,(H,24,29). The molecule has 8 nitrogen and oxygen atoms in total. The summed E-state index contributed by atoms with van der Waals surface area (Å²) in [6.07, 6.45) is -3.65. The van der Waals surface area contributed by atoms with E-state index in [1.165, 1.54) is 17.1 Å². The number of nitrogens with one attached hydrogen (secondary N) is 1. The number of rotatable bonds is 6. The Labute approximate surface area is 172 Å².